The molecule has 0 spiro atoms. The van der Waals surface area contributed by atoms with Crippen LogP contribution in [0.3, 0.4) is 0 Å². The van der Waals surface area contributed by atoms with Crippen molar-refractivity contribution < 1.29 is 9.59 Å². The van der Waals surface area contributed by atoms with Crippen LogP contribution in [0.25, 0.3) is 0 Å². The van der Waals surface area contributed by atoms with Crippen LogP contribution in [-0.4, -0.2) is 47.9 Å². The first-order chi connectivity index (χ1) is 13.4. The zero-order valence-corrected chi connectivity index (χ0v) is 18.4. The van der Waals surface area contributed by atoms with E-state index in [2.05, 4.69) is 38.3 Å². The molecule has 2 heterocycles. The lowest BCUT2D eigenvalue weighted by Crippen LogP contribution is -2.49. The Balaban J connectivity index is 1.55. The largest absolute Gasteiger partial charge is 0.352 e. The van der Waals surface area contributed by atoms with E-state index in [4.69, 9.17) is 17.3 Å². The molecule has 0 unspecified atom stereocenters. The molecule has 1 atom stereocenters. The van der Waals surface area contributed by atoms with Gasteiger partial charge < -0.3 is 16.0 Å². The topological polar surface area (TPSA) is 78.7 Å². The van der Waals surface area contributed by atoms with Crippen molar-refractivity contribution in [2.45, 2.75) is 19.0 Å². The third kappa shape index (κ3) is 5.94. The minimum atomic E-state index is -0.653. The van der Waals surface area contributed by atoms with Crippen molar-refractivity contribution in [2.24, 2.45) is 5.73 Å². The maximum atomic E-state index is 12.8. The highest BCUT2D eigenvalue weighted by atomic mass is 79.9. The molecular formula is C19H22BrClN4O2S. The number of urea groups is 1. The lowest BCUT2D eigenvalue weighted by molar-refractivity contribution is -0.133. The van der Waals surface area contributed by atoms with Crippen molar-refractivity contribution >= 4 is 50.8 Å². The van der Waals surface area contributed by atoms with Crippen molar-refractivity contribution in [3.63, 3.8) is 0 Å². The predicted octanol–water partition coefficient (Wildman–Crippen LogP) is 3.61. The van der Waals surface area contributed by atoms with Crippen molar-refractivity contribution in [1.29, 1.82) is 0 Å². The molecule has 0 aliphatic carbocycles. The number of amides is 3. The summed E-state index contributed by atoms with van der Waals surface area (Å²) in [5.74, 6) is 0.00668. The molecule has 9 heteroatoms. The monoisotopic (exact) mass is 484 g/mol. The van der Waals surface area contributed by atoms with Crippen LogP contribution in [-0.2, 0) is 11.3 Å². The number of piperazine rings is 1. The van der Waals surface area contributed by atoms with Gasteiger partial charge in [-0.1, -0.05) is 23.7 Å². The van der Waals surface area contributed by atoms with E-state index >= 15 is 0 Å². The van der Waals surface area contributed by atoms with Gasteiger partial charge in [0.1, 0.15) is 0 Å². The van der Waals surface area contributed by atoms with E-state index in [0.717, 1.165) is 29.0 Å². The highest BCUT2D eigenvalue weighted by Crippen LogP contribution is 2.24. The number of hydrogen-bond acceptors (Lipinski definition) is 4. The number of carbonyl (C=O) groups is 2. The third-order valence-electron chi connectivity index (χ3n) is 4.70. The van der Waals surface area contributed by atoms with Crippen LogP contribution in [0.4, 0.5) is 4.79 Å². The SMILES string of the molecule is NC(=O)N[C@@H](CC(=O)N1CCN(Cc2ccc(Br)s2)CC1)c1ccc(Cl)cc1. The Morgan fingerprint density at radius 2 is 1.82 bits per heavy atom. The fraction of sp³-hybridized carbons (Fsp3) is 0.368. The summed E-state index contributed by atoms with van der Waals surface area (Å²) in [5, 5.41) is 3.26. The summed E-state index contributed by atoms with van der Waals surface area (Å²) in [5.41, 5.74) is 6.10. The number of nitrogens with one attached hydrogen (secondary N) is 1. The van der Waals surface area contributed by atoms with Crippen LogP contribution in [0, 0.1) is 0 Å². The molecule has 0 saturated carbocycles. The van der Waals surface area contributed by atoms with Gasteiger partial charge in [0, 0.05) is 42.6 Å². The van der Waals surface area contributed by atoms with E-state index in [-0.39, 0.29) is 12.3 Å². The first-order valence-electron chi connectivity index (χ1n) is 8.96. The van der Waals surface area contributed by atoms with Gasteiger partial charge in [0.15, 0.2) is 0 Å². The normalized spacial score (nSPS) is 16.0. The van der Waals surface area contributed by atoms with Crippen molar-refractivity contribution in [3.8, 4) is 0 Å². The Morgan fingerprint density at radius 3 is 2.39 bits per heavy atom. The average Bonchev–Trinajstić information content (AvgIpc) is 3.06. The fourth-order valence-electron chi connectivity index (χ4n) is 3.24. The Morgan fingerprint density at radius 1 is 1.14 bits per heavy atom. The maximum Gasteiger partial charge on any atom is 0.312 e. The number of carbonyl (C=O) groups excluding carboxylic acids is 2. The predicted molar refractivity (Wildman–Crippen MR) is 115 cm³/mol. The van der Waals surface area contributed by atoms with E-state index in [0.29, 0.717) is 18.1 Å². The molecule has 0 bridgehead atoms. The van der Waals surface area contributed by atoms with Gasteiger partial charge in [-0.05, 0) is 45.8 Å². The molecule has 6 nitrogen and oxygen atoms in total. The van der Waals surface area contributed by atoms with Gasteiger partial charge in [-0.3, -0.25) is 9.69 Å². The molecule has 150 valence electrons. The Hall–Kier alpha value is -1.61. The second-order valence-electron chi connectivity index (χ2n) is 6.68. The molecule has 1 aromatic heterocycles. The van der Waals surface area contributed by atoms with Gasteiger partial charge in [0.25, 0.3) is 0 Å². The van der Waals surface area contributed by atoms with Gasteiger partial charge >= 0.3 is 6.03 Å². The number of primary amides is 1. The maximum absolute atomic E-state index is 12.8. The van der Waals surface area contributed by atoms with Gasteiger partial charge in [0.2, 0.25) is 5.91 Å². The quantitative estimate of drug-likeness (QED) is 0.656. The van der Waals surface area contributed by atoms with E-state index in [9.17, 15) is 9.59 Å². The highest BCUT2D eigenvalue weighted by molar-refractivity contribution is 9.11. The number of rotatable bonds is 6. The van der Waals surface area contributed by atoms with Crippen LogP contribution in [0.5, 0.6) is 0 Å². The zero-order chi connectivity index (χ0) is 20.1. The molecule has 1 aromatic carbocycles. The highest BCUT2D eigenvalue weighted by Gasteiger charge is 2.25. The number of thiophene rings is 1. The summed E-state index contributed by atoms with van der Waals surface area (Å²) in [6, 6.07) is 10.1. The minimum absolute atomic E-state index is 0.00668. The molecule has 3 rings (SSSR count). The van der Waals surface area contributed by atoms with Crippen LogP contribution in [0.2, 0.25) is 5.02 Å². The van der Waals surface area contributed by atoms with Crippen LogP contribution >= 0.6 is 38.9 Å². The summed E-state index contributed by atoms with van der Waals surface area (Å²) >= 11 is 11.2. The smallest absolute Gasteiger partial charge is 0.312 e. The number of hydrogen-bond donors (Lipinski definition) is 2. The third-order valence-corrected chi connectivity index (χ3v) is 6.56. The molecular weight excluding hydrogens is 464 g/mol. The number of nitrogens with two attached hydrogens (primary N) is 1. The molecule has 1 aliphatic heterocycles. The van der Waals surface area contributed by atoms with Crippen molar-refractivity contribution in [1.82, 2.24) is 15.1 Å². The molecule has 1 fully saturated rings. The number of halogens is 2. The van der Waals surface area contributed by atoms with Crippen LogP contribution in [0.15, 0.2) is 40.2 Å². The Bertz CT molecular complexity index is 822. The van der Waals surface area contributed by atoms with Gasteiger partial charge in [0.05, 0.1) is 16.2 Å². The van der Waals surface area contributed by atoms with Crippen LogP contribution in [0.1, 0.15) is 22.9 Å². The van der Waals surface area contributed by atoms with Gasteiger partial charge in [-0.25, -0.2) is 4.79 Å². The van der Waals surface area contributed by atoms with E-state index in [1.165, 1.54) is 4.88 Å². The summed E-state index contributed by atoms with van der Waals surface area (Å²) in [4.78, 5) is 29.7. The Labute approximate surface area is 181 Å². The molecule has 28 heavy (non-hydrogen) atoms. The molecule has 2 aromatic rings. The van der Waals surface area contributed by atoms with Gasteiger partial charge in [-0.15, -0.1) is 11.3 Å². The summed E-state index contributed by atoms with van der Waals surface area (Å²) in [6.07, 6.45) is 0.169. The minimum Gasteiger partial charge on any atom is -0.352 e. The molecule has 3 N–H and O–H groups in total. The fourth-order valence-corrected chi connectivity index (χ4v) is 4.89. The Kier molecular flexibility index (Phi) is 7.34. The lowest BCUT2D eigenvalue weighted by Gasteiger charge is -2.35. The average molecular weight is 486 g/mol. The molecule has 1 aliphatic rings. The molecule has 3 amide bonds. The second kappa shape index (κ2) is 9.73. The van der Waals surface area contributed by atoms with E-state index < -0.39 is 12.1 Å². The first-order valence-corrected chi connectivity index (χ1v) is 11.0. The summed E-state index contributed by atoms with van der Waals surface area (Å²) < 4.78 is 1.13. The zero-order valence-electron chi connectivity index (χ0n) is 15.2. The molecule has 1 saturated heterocycles. The second-order valence-corrected chi connectivity index (χ2v) is 9.66. The molecule has 0 radical (unpaired) electrons. The van der Waals surface area contributed by atoms with Gasteiger partial charge in [-0.2, -0.15) is 0 Å². The lowest BCUT2D eigenvalue weighted by atomic mass is 10.0. The van der Waals surface area contributed by atoms with E-state index in [1.54, 1.807) is 35.6 Å². The van der Waals surface area contributed by atoms with Crippen molar-refractivity contribution in [2.75, 3.05) is 26.2 Å². The standard InChI is InChI=1S/C19H22BrClN4O2S/c20-17-6-5-15(28-17)12-24-7-9-25(10-8-24)18(26)11-16(23-19(22)27)13-1-3-14(21)4-2-13/h1-6,16H,7-12H2,(H3,22,23,27)/t16-/m0/s1. The van der Waals surface area contributed by atoms with Crippen LogP contribution < -0.4 is 11.1 Å². The number of nitrogens with zero attached hydrogens (tertiary/aromatic N) is 2. The first kappa shape index (κ1) is 21.1. The summed E-state index contributed by atoms with van der Waals surface area (Å²) in [6.45, 7) is 3.91. The van der Waals surface area contributed by atoms with E-state index in [1.807, 2.05) is 4.90 Å². The number of benzene rings is 1. The summed E-state index contributed by atoms with van der Waals surface area (Å²) in [7, 11) is 0. The van der Waals surface area contributed by atoms with Crippen molar-refractivity contribution in [3.05, 3.63) is 55.6 Å².